The summed E-state index contributed by atoms with van der Waals surface area (Å²) >= 11 is 0. The molecule has 5 heteroatoms. The van der Waals surface area contributed by atoms with Crippen LogP contribution in [0.15, 0.2) is 36.7 Å². The monoisotopic (exact) mass is 225 g/mol. The number of anilines is 1. The Morgan fingerprint density at radius 2 is 2.06 bits per heavy atom. The maximum atomic E-state index is 5.57. The lowest BCUT2D eigenvalue weighted by molar-refractivity contribution is 0.958. The maximum absolute atomic E-state index is 5.57. The van der Waals surface area contributed by atoms with Crippen molar-refractivity contribution in [1.82, 2.24) is 19.5 Å². The van der Waals surface area contributed by atoms with Crippen LogP contribution in [0, 0.1) is 0 Å². The lowest BCUT2D eigenvalue weighted by Gasteiger charge is -2.01. The smallest absolute Gasteiger partial charge is 0.178 e. The first-order valence-corrected chi connectivity index (χ1v) is 5.25. The van der Waals surface area contributed by atoms with Crippen molar-refractivity contribution in [2.75, 3.05) is 5.73 Å². The van der Waals surface area contributed by atoms with Gasteiger partial charge in [-0.05, 0) is 24.3 Å². The van der Waals surface area contributed by atoms with Crippen LogP contribution in [-0.2, 0) is 7.05 Å². The number of aryl methyl sites for hydroxylation is 1. The second kappa shape index (κ2) is 3.55. The van der Waals surface area contributed by atoms with E-state index >= 15 is 0 Å². The molecule has 17 heavy (non-hydrogen) atoms. The highest BCUT2D eigenvalue weighted by atomic mass is 15.1. The normalized spacial score (nSPS) is 10.9. The molecule has 0 aliphatic rings. The molecule has 2 N–H and O–H groups in total. The van der Waals surface area contributed by atoms with Crippen molar-refractivity contribution in [3.05, 3.63) is 36.7 Å². The highest BCUT2D eigenvalue weighted by molar-refractivity contribution is 5.76. The predicted octanol–water partition coefficient (Wildman–Crippen LogP) is 1.61. The number of imidazole rings is 1. The first-order chi connectivity index (χ1) is 8.25. The number of rotatable bonds is 1. The van der Waals surface area contributed by atoms with Gasteiger partial charge in [0.2, 0.25) is 0 Å². The van der Waals surface area contributed by atoms with Gasteiger partial charge >= 0.3 is 0 Å². The van der Waals surface area contributed by atoms with Crippen LogP contribution >= 0.6 is 0 Å². The van der Waals surface area contributed by atoms with E-state index < -0.39 is 0 Å². The van der Waals surface area contributed by atoms with Crippen LogP contribution in [0.5, 0.6) is 0 Å². The number of pyridine rings is 2. The van der Waals surface area contributed by atoms with Gasteiger partial charge in [-0.3, -0.25) is 0 Å². The maximum Gasteiger partial charge on any atom is 0.178 e. The molecule has 5 nitrogen and oxygen atoms in total. The quantitative estimate of drug-likeness (QED) is 0.683. The van der Waals surface area contributed by atoms with Crippen LogP contribution in [-0.4, -0.2) is 19.5 Å². The molecular formula is C12H11N5. The van der Waals surface area contributed by atoms with E-state index in [1.54, 1.807) is 18.5 Å². The fraction of sp³-hybridized carbons (Fsp3) is 0.0833. The third kappa shape index (κ3) is 1.52. The van der Waals surface area contributed by atoms with Gasteiger partial charge in [0.15, 0.2) is 5.65 Å². The molecule has 0 aromatic carbocycles. The van der Waals surface area contributed by atoms with Crippen LogP contribution in [0.25, 0.3) is 22.6 Å². The number of hydrogen-bond acceptors (Lipinski definition) is 4. The van der Waals surface area contributed by atoms with Crippen molar-refractivity contribution in [2.45, 2.75) is 0 Å². The second-order valence-electron chi connectivity index (χ2n) is 3.81. The highest BCUT2D eigenvalue weighted by Crippen LogP contribution is 2.21. The average Bonchev–Trinajstić information content (AvgIpc) is 2.69. The van der Waals surface area contributed by atoms with Crippen LogP contribution in [0.3, 0.4) is 0 Å². The highest BCUT2D eigenvalue weighted by Gasteiger charge is 2.09. The lowest BCUT2D eigenvalue weighted by atomic mass is 10.2. The first kappa shape index (κ1) is 9.77. The van der Waals surface area contributed by atoms with Crippen molar-refractivity contribution in [1.29, 1.82) is 0 Å². The number of nitrogen functional groups attached to an aromatic ring is 1. The van der Waals surface area contributed by atoms with Gasteiger partial charge in [-0.2, -0.15) is 0 Å². The molecule has 0 radical (unpaired) electrons. The summed E-state index contributed by atoms with van der Waals surface area (Å²) in [4.78, 5) is 12.8. The molecule has 0 aliphatic carbocycles. The minimum absolute atomic E-state index is 0.505. The average molecular weight is 225 g/mol. The third-order valence-electron chi connectivity index (χ3n) is 2.70. The Labute approximate surface area is 98.0 Å². The van der Waals surface area contributed by atoms with Crippen molar-refractivity contribution in [2.24, 2.45) is 7.05 Å². The Balaban J connectivity index is 2.24. The molecule has 3 rings (SSSR count). The summed E-state index contributed by atoms with van der Waals surface area (Å²) in [6.07, 6.45) is 3.46. The topological polar surface area (TPSA) is 69.6 Å². The summed E-state index contributed by atoms with van der Waals surface area (Å²) in [6.45, 7) is 0. The molecule has 0 aliphatic heterocycles. The predicted molar refractivity (Wildman–Crippen MR) is 66.2 cm³/mol. The largest absolute Gasteiger partial charge is 0.384 e. The van der Waals surface area contributed by atoms with E-state index in [9.17, 15) is 0 Å². The van der Waals surface area contributed by atoms with Crippen LogP contribution in [0.1, 0.15) is 0 Å². The molecule has 0 fully saturated rings. The number of nitrogens with zero attached hydrogens (tertiary/aromatic N) is 4. The Kier molecular flexibility index (Phi) is 2.04. The number of aromatic nitrogens is 4. The molecular weight excluding hydrogens is 214 g/mol. The Bertz CT molecular complexity index is 669. The van der Waals surface area contributed by atoms with Crippen LogP contribution in [0.2, 0.25) is 0 Å². The van der Waals surface area contributed by atoms with E-state index in [4.69, 9.17) is 5.73 Å². The second-order valence-corrected chi connectivity index (χ2v) is 3.81. The summed E-state index contributed by atoms with van der Waals surface area (Å²) in [5.74, 6) is 1.34. The van der Waals surface area contributed by atoms with E-state index in [2.05, 4.69) is 15.0 Å². The van der Waals surface area contributed by atoms with Crippen molar-refractivity contribution < 1.29 is 0 Å². The Hall–Kier alpha value is -2.43. The number of fused-ring (bicyclic) bond motifs is 1. The van der Waals surface area contributed by atoms with Crippen molar-refractivity contribution >= 4 is 17.0 Å². The Morgan fingerprint density at radius 3 is 2.76 bits per heavy atom. The zero-order chi connectivity index (χ0) is 11.8. The zero-order valence-corrected chi connectivity index (χ0v) is 9.33. The van der Waals surface area contributed by atoms with Gasteiger partial charge in [-0.1, -0.05) is 0 Å². The molecule has 0 amide bonds. The van der Waals surface area contributed by atoms with E-state index in [-0.39, 0.29) is 0 Å². The fourth-order valence-electron chi connectivity index (χ4n) is 1.82. The molecule has 0 spiro atoms. The molecule has 84 valence electrons. The molecule has 3 aromatic heterocycles. The van der Waals surface area contributed by atoms with E-state index in [1.165, 1.54) is 0 Å². The molecule has 3 heterocycles. The summed E-state index contributed by atoms with van der Waals surface area (Å²) in [5, 5.41) is 0. The third-order valence-corrected chi connectivity index (χ3v) is 2.70. The SMILES string of the molecule is Cn1c(-c2ccc(N)nc2)nc2ncccc21. The molecule has 0 saturated carbocycles. The fourth-order valence-corrected chi connectivity index (χ4v) is 1.82. The van der Waals surface area contributed by atoms with Crippen LogP contribution in [0.4, 0.5) is 5.82 Å². The zero-order valence-electron chi connectivity index (χ0n) is 9.33. The van der Waals surface area contributed by atoms with E-state index in [1.807, 2.05) is 29.8 Å². The molecule has 0 saturated heterocycles. The molecule has 0 atom stereocenters. The van der Waals surface area contributed by atoms with Crippen molar-refractivity contribution in [3.8, 4) is 11.4 Å². The van der Waals surface area contributed by atoms with Gasteiger partial charge in [-0.15, -0.1) is 0 Å². The van der Waals surface area contributed by atoms with Gasteiger partial charge < -0.3 is 10.3 Å². The minimum atomic E-state index is 0.505. The Morgan fingerprint density at radius 1 is 1.18 bits per heavy atom. The first-order valence-electron chi connectivity index (χ1n) is 5.25. The summed E-state index contributed by atoms with van der Waals surface area (Å²) in [6, 6.07) is 7.56. The van der Waals surface area contributed by atoms with Gasteiger partial charge in [0, 0.05) is 25.0 Å². The summed E-state index contributed by atoms with van der Waals surface area (Å²) in [5.41, 5.74) is 8.23. The van der Waals surface area contributed by atoms with E-state index in [0.29, 0.717) is 5.82 Å². The van der Waals surface area contributed by atoms with E-state index in [0.717, 1.165) is 22.6 Å². The van der Waals surface area contributed by atoms with Gasteiger partial charge in [-0.25, -0.2) is 15.0 Å². The van der Waals surface area contributed by atoms with Crippen LogP contribution < -0.4 is 5.73 Å². The lowest BCUT2D eigenvalue weighted by Crippen LogP contribution is -1.94. The summed E-state index contributed by atoms with van der Waals surface area (Å²) in [7, 11) is 1.96. The molecule has 0 bridgehead atoms. The number of nitrogens with two attached hydrogens (primary N) is 1. The van der Waals surface area contributed by atoms with Gasteiger partial charge in [0.1, 0.15) is 11.6 Å². The van der Waals surface area contributed by atoms with Gasteiger partial charge in [0.25, 0.3) is 0 Å². The summed E-state index contributed by atoms with van der Waals surface area (Å²) < 4.78 is 2.00. The number of hydrogen-bond donors (Lipinski definition) is 1. The standard InChI is InChI=1S/C12H11N5/c1-17-9-3-2-6-14-11(9)16-12(17)8-4-5-10(13)15-7-8/h2-7H,1H3,(H2,13,15). The molecule has 0 unspecified atom stereocenters. The van der Waals surface area contributed by atoms with Gasteiger partial charge in [0.05, 0.1) is 5.52 Å². The molecule has 3 aromatic rings. The minimum Gasteiger partial charge on any atom is -0.384 e. The van der Waals surface area contributed by atoms with Crippen molar-refractivity contribution in [3.63, 3.8) is 0 Å².